The van der Waals surface area contributed by atoms with Crippen molar-refractivity contribution >= 4 is 11.0 Å². The lowest BCUT2D eigenvalue weighted by Crippen LogP contribution is -2.17. The van der Waals surface area contributed by atoms with E-state index in [1.165, 1.54) is 0 Å². The van der Waals surface area contributed by atoms with Gasteiger partial charge in [-0.3, -0.25) is 4.68 Å². The van der Waals surface area contributed by atoms with Crippen molar-refractivity contribution < 1.29 is 4.42 Å². The van der Waals surface area contributed by atoms with Crippen LogP contribution >= 0.6 is 0 Å². The number of aryl methyl sites for hydroxylation is 1. The number of nitrogens with two attached hydrogens (primary N) is 1. The van der Waals surface area contributed by atoms with E-state index < -0.39 is 0 Å². The van der Waals surface area contributed by atoms with Crippen LogP contribution < -0.4 is 5.73 Å². The van der Waals surface area contributed by atoms with Gasteiger partial charge in [0.25, 0.3) is 0 Å². The number of rotatable bonds is 4. The van der Waals surface area contributed by atoms with Crippen LogP contribution in [0.5, 0.6) is 0 Å². The minimum atomic E-state index is -0.210. The lowest BCUT2D eigenvalue weighted by atomic mass is 10.0. The number of benzene rings is 1. The summed E-state index contributed by atoms with van der Waals surface area (Å²) in [5, 5.41) is 5.39. The highest BCUT2D eigenvalue weighted by Gasteiger charge is 2.18. The summed E-state index contributed by atoms with van der Waals surface area (Å²) in [6.45, 7) is 3.01. The minimum absolute atomic E-state index is 0.210. The third-order valence-electron chi connectivity index (χ3n) is 3.35. The maximum atomic E-state index is 6.38. The van der Waals surface area contributed by atoms with E-state index in [9.17, 15) is 0 Å². The first-order valence-electron chi connectivity index (χ1n) is 6.54. The molecule has 0 aliphatic carbocycles. The van der Waals surface area contributed by atoms with Gasteiger partial charge in [0.1, 0.15) is 5.58 Å². The number of furan rings is 1. The Kier molecular flexibility index (Phi) is 3.09. The molecule has 2 N–H and O–H groups in total. The molecule has 0 saturated carbocycles. The third-order valence-corrected chi connectivity index (χ3v) is 3.35. The lowest BCUT2D eigenvalue weighted by molar-refractivity contribution is 0.555. The van der Waals surface area contributed by atoms with Crippen LogP contribution in [0, 0.1) is 0 Å². The van der Waals surface area contributed by atoms with Crippen LogP contribution in [0.3, 0.4) is 0 Å². The maximum Gasteiger partial charge on any atom is 0.134 e. The standard InChI is InChI=1S/C15H17N3O/c1-2-9-18-13(7-8-17-18)15(16)12-10-19-14-6-4-3-5-11(12)14/h3-8,10,15H,2,9,16H2,1H3. The number of aromatic nitrogens is 2. The van der Waals surface area contributed by atoms with E-state index in [1.807, 2.05) is 35.0 Å². The van der Waals surface area contributed by atoms with Gasteiger partial charge in [-0.2, -0.15) is 5.10 Å². The smallest absolute Gasteiger partial charge is 0.134 e. The van der Waals surface area contributed by atoms with Gasteiger partial charge in [0.05, 0.1) is 18.0 Å². The van der Waals surface area contributed by atoms with Gasteiger partial charge in [-0.15, -0.1) is 0 Å². The van der Waals surface area contributed by atoms with Gasteiger partial charge in [0, 0.05) is 23.7 Å². The fraction of sp³-hybridized carbons (Fsp3) is 0.267. The van der Waals surface area contributed by atoms with Crippen molar-refractivity contribution in [3.63, 3.8) is 0 Å². The van der Waals surface area contributed by atoms with E-state index in [0.29, 0.717) is 0 Å². The second-order valence-electron chi connectivity index (χ2n) is 4.64. The molecule has 0 aliphatic rings. The van der Waals surface area contributed by atoms with E-state index in [-0.39, 0.29) is 6.04 Å². The molecular formula is C15H17N3O. The van der Waals surface area contributed by atoms with Gasteiger partial charge >= 0.3 is 0 Å². The SMILES string of the molecule is CCCn1nccc1C(N)c1coc2ccccc12. The molecular weight excluding hydrogens is 238 g/mol. The second kappa shape index (κ2) is 4.90. The van der Waals surface area contributed by atoms with Crippen LogP contribution in [0.4, 0.5) is 0 Å². The summed E-state index contributed by atoms with van der Waals surface area (Å²) in [5.41, 5.74) is 9.28. The Morgan fingerprint density at radius 2 is 2.16 bits per heavy atom. The van der Waals surface area contributed by atoms with Crippen LogP contribution in [0.15, 0.2) is 47.2 Å². The van der Waals surface area contributed by atoms with Gasteiger partial charge in [-0.25, -0.2) is 0 Å². The summed E-state index contributed by atoms with van der Waals surface area (Å²) >= 11 is 0. The molecule has 1 atom stereocenters. The van der Waals surface area contributed by atoms with Gasteiger partial charge in [0.2, 0.25) is 0 Å². The Labute approximate surface area is 111 Å². The van der Waals surface area contributed by atoms with Crippen molar-refractivity contribution in [3.05, 3.63) is 54.0 Å². The lowest BCUT2D eigenvalue weighted by Gasteiger charge is -2.12. The monoisotopic (exact) mass is 255 g/mol. The first kappa shape index (κ1) is 12.0. The number of para-hydroxylation sites is 1. The quantitative estimate of drug-likeness (QED) is 0.779. The minimum Gasteiger partial charge on any atom is -0.464 e. The first-order chi connectivity index (χ1) is 9.31. The average Bonchev–Trinajstić information content (AvgIpc) is 3.04. The Morgan fingerprint density at radius 1 is 1.32 bits per heavy atom. The van der Waals surface area contributed by atoms with E-state index in [2.05, 4.69) is 12.0 Å². The third kappa shape index (κ3) is 2.04. The highest BCUT2D eigenvalue weighted by molar-refractivity contribution is 5.81. The molecule has 0 saturated heterocycles. The van der Waals surface area contributed by atoms with E-state index in [4.69, 9.17) is 10.2 Å². The molecule has 19 heavy (non-hydrogen) atoms. The molecule has 3 aromatic rings. The summed E-state index contributed by atoms with van der Waals surface area (Å²) in [6, 6.07) is 9.71. The topological polar surface area (TPSA) is 57.0 Å². The van der Waals surface area contributed by atoms with Crippen molar-refractivity contribution in [2.24, 2.45) is 5.73 Å². The summed E-state index contributed by atoms with van der Waals surface area (Å²) in [7, 11) is 0. The predicted molar refractivity (Wildman–Crippen MR) is 74.8 cm³/mol. The zero-order valence-corrected chi connectivity index (χ0v) is 10.9. The molecule has 0 radical (unpaired) electrons. The molecule has 0 amide bonds. The van der Waals surface area contributed by atoms with Gasteiger partial charge < -0.3 is 10.2 Å². The Bertz CT molecular complexity index is 683. The molecule has 0 fully saturated rings. The highest BCUT2D eigenvalue weighted by atomic mass is 16.3. The summed E-state index contributed by atoms with van der Waals surface area (Å²) in [6.07, 6.45) is 4.58. The molecule has 0 spiro atoms. The van der Waals surface area contributed by atoms with E-state index >= 15 is 0 Å². The number of hydrogen-bond acceptors (Lipinski definition) is 3. The van der Waals surface area contributed by atoms with E-state index in [0.717, 1.165) is 35.2 Å². The molecule has 1 unspecified atom stereocenters. The molecule has 0 aliphatic heterocycles. The fourth-order valence-electron chi connectivity index (χ4n) is 2.40. The van der Waals surface area contributed by atoms with Crippen LogP contribution in [-0.4, -0.2) is 9.78 Å². The fourth-order valence-corrected chi connectivity index (χ4v) is 2.40. The van der Waals surface area contributed by atoms with E-state index in [1.54, 1.807) is 12.5 Å². The van der Waals surface area contributed by atoms with Crippen molar-refractivity contribution in [1.29, 1.82) is 0 Å². The summed E-state index contributed by atoms with van der Waals surface area (Å²) in [5.74, 6) is 0. The zero-order valence-electron chi connectivity index (χ0n) is 10.9. The van der Waals surface area contributed by atoms with Crippen molar-refractivity contribution in [2.45, 2.75) is 25.9 Å². The maximum absolute atomic E-state index is 6.38. The zero-order chi connectivity index (χ0) is 13.2. The van der Waals surface area contributed by atoms with Crippen LogP contribution in [0.1, 0.15) is 30.6 Å². The second-order valence-corrected chi connectivity index (χ2v) is 4.64. The molecule has 4 heteroatoms. The Hall–Kier alpha value is -2.07. The molecule has 3 rings (SSSR count). The number of fused-ring (bicyclic) bond motifs is 1. The normalized spacial score (nSPS) is 12.9. The molecule has 2 aromatic heterocycles. The average molecular weight is 255 g/mol. The first-order valence-corrected chi connectivity index (χ1v) is 6.54. The molecule has 1 aromatic carbocycles. The Balaban J connectivity index is 2.03. The largest absolute Gasteiger partial charge is 0.464 e. The highest BCUT2D eigenvalue weighted by Crippen LogP contribution is 2.28. The molecule has 98 valence electrons. The van der Waals surface area contributed by atoms with Gasteiger partial charge in [-0.05, 0) is 18.6 Å². The van der Waals surface area contributed by atoms with Gasteiger partial charge in [0.15, 0.2) is 0 Å². The van der Waals surface area contributed by atoms with Crippen molar-refractivity contribution in [3.8, 4) is 0 Å². The van der Waals surface area contributed by atoms with Crippen LogP contribution in [0.2, 0.25) is 0 Å². The van der Waals surface area contributed by atoms with Gasteiger partial charge in [-0.1, -0.05) is 25.1 Å². The predicted octanol–water partition coefficient (Wildman–Crippen LogP) is 3.09. The Morgan fingerprint density at radius 3 is 3.00 bits per heavy atom. The van der Waals surface area contributed by atoms with Crippen LogP contribution in [0.25, 0.3) is 11.0 Å². The number of hydrogen-bond donors (Lipinski definition) is 1. The molecule has 2 heterocycles. The van der Waals surface area contributed by atoms with Crippen molar-refractivity contribution in [2.75, 3.05) is 0 Å². The molecule has 0 bridgehead atoms. The van der Waals surface area contributed by atoms with Crippen LogP contribution in [-0.2, 0) is 6.54 Å². The molecule has 4 nitrogen and oxygen atoms in total. The summed E-state index contributed by atoms with van der Waals surface area (Å²) in [4.78, 5) is 0. The number of nitrogens with zero attached hydrogens (tertiary/aromatic N) is 2. The summed E-state index contributed by atoms with van der Waals surface area (Å²) < 4.78 is 7.52. The van der Waals surface area contributed by atoms with Crippen molar-refractivity contribution in [1.82, 2.24) is 9.78 Å².